The number of hydrogen-bond donors (Lipinski definition) is 2. The molecule has 2 N–H and O–H groups in total. The van der Waals surface area contributed by atoms with Crippen molar-refractivity contribution in [3.8, 4) is 0 Å². The summed E-state index contributed by atoms with van der Waals surface area (Å²) in [6.07, 6.45) is 0.551. The predicted molar refractivity (Wildman–Crippen MR) is 70.4 cm³/mol. The standard InChI is InChI=1S/C12H22N2O2.ClH/c1-8(2)5-11(15)6-13-7-12-9(3)14-16-10(12)4;/h8,11,13,15H,5-7H2,1-4H3;1H. The van der Waals surface area contributed by atoms with E-state index in [1.165, 1.54) is 0 Å². The molecule has 5 heteroatoms. The van der Waals surface area contributed by atoms with Gasteiger partial charge in [0.1, 0.15) is 5.76 Å². The van der Waals surface area contributed by atoms with Crippen LogP contribution >= 0.6 is 12.4 Å². The van der Waals surface area contributed by atoms with Crippen molar-refractivity contribution in [2.45, 2.75) is 46.8 Å². The van der Waals surface area contributed by atoms with Gasteiger partial charge in [0.2, 0.25) is 0 Å². The van der Waals surface area contributed by atoms with E-state index in [9.17, 15) is 5.11 Å². The Morgan fingerprint density at radius 3 is 2.47 bits per heavy atom. The summed E-state index contributed by atoms with van der Waals surface area (Å²) in [7, 11) is 0. The van der Waals surface area contributed by atoms with Gasteiger partial charge in [-0.05, 0) is 26.2 Å². The Morgan fingerprint density at radius 1 is 1.35 bits per heavy atom. The summed E-state index contributed by atoms with van der Waals surface area (Å²) in [6, 6.07) is 0. The molecule has 0 bridgehead atoms. The smallest absolute Gasteiger partial charge is 0.138 e. The van der Waals surface area contributed by atoms with Crippen LogP contribution in [0.5, 0.6) is 0 Å². The molecule has 1 unspecified atom stereocenters. The summed E-state index contributed by atoms with van der Waals surface area (Å²) < 4.78 is 5.06. The van der Waals surface area contributed by atoms with Gasteiger partial charge < -0.3 is 14.9 Å². The Hall–Kier alpha value is -0.580. The lowest BCUT2D eigenvalue weighted by Crippen LogP contribution is -2.27. The summed E-state index contributed by atoms with van der Waals surface area (Å²) in [4.78, 5) is 0. The van der Waals surface area contributed by atoms with Gasteiger partial charge >= 0.3 is 0 Å². The molecule has 0 saturated carbocycles. The monoisotopic (exact) mass is 262 g/mol. The van der Waals surface area contributed by atoms with Crippen molar-refractivity contribution in [1.82, 2.24) is 10.5 Å². The third kappa shape index (κ3) is 5.52. The van der Waals surface area contributed by atoms with Gasteiger partial charge in [0.25, 0.3) is 0 Å². The number of rotatable bonds is 6. The minimum atomic E-state index is -0.277. The Bertz CT molecular complexity index is 307. The fourth-order valence-corrected chi connectivity index (χ4v) is 1.75. The molecule has 100 valence electrons. The molecule has 0 radical (unpaired) electrons. The van der Waals surface area contributed by atoms with Crippen molar-refractivity contribution in [3.05, 3.63) is 17.0 Å². The second-order valence-corrected chi connectivity index (χ2v) is 4.72. The molecule has 1 aromatic heterocycles. The molecule has 1 aromatic rings. The van der Waals surface area contributed by atoms with Crippen LogP contribution in [0.1, 0.15) is 37.3 Å². The van der Waals surface area contributed by atoms with Gasteiger partial charge in [-0.1, -0.05) is 19.0 Å². The maximum Gasteiger partial charge on any atom is 0.138 e. The molecule has 0 aliphatic rings. The zero-order valence-corrected chi connectivity index (χ0v) is 11.8. The first-order chi connectivity index (χ1) is 7.50. The summed E-state index contributed by atoms with van der Waals surface area (Å²) in [5.41, 5.74) is 2.01. The molecular weight excluding hydrogens is 240 g/mol. The number of halogens is 1. The van der Waals surface area contributed by atoms with Gasteiger partial charge in [-0.25, -0.2) is 0 Å². The van der Waals surface area contributed by atoms with Crippen LogP contribution in [0.2, 0.25) is 0 Å². The molecule has 1 rings (SSSR count). The number of aliphatic hydroxyl groups is 1. The number of nitrogens with one attached hydrogen (secondary N) is 1. The quantitative estimate of drug-likeness (QED) is 0.825. The second kappa shape index (κ2) is 7.69. The lowest BCUT2D eigenvalue weighted by molar-refractivity contribution is 0.146. The van der Waals surface area contributed by atoms with Crippen LogP contribution < -0.4 is 5.32 Å². The summed E-state index contributed by atoms with van der Waals surface area (Å²) >= 11 is 0. The van der Waals surface area contributed by atoms with E-state index in [4.69, 9.17) is 4.52 Å². The molecular formula is C12H23ClN2O2. The van der Waals surface area contributed by atoms with E-state index in [1.54, 1.807) is 0 Å². The average Bonchev–Trinajstić information content (AvgIpc) is 2.47. The van der Waals surface area contributed by atoms with E-state index < -0.39 is 0 Å². The highest BCUT2D eigenvalue weighted by Crippen LogP contribution is 2.11. The molecule has 0 aromatic carbocycles. The highest BCUT2D eigenvalue weighted by Gasteiger charge is 2.10. The van der Waals surface area contributed by atoms with Gasteiger partial charge in [-0.3, -0.25) is 0 Å². The highest BCUT2D eigenvalue weighted by atomic mass is 35.5. The first-order valence-electron chi connectivity index (χ1n) is 5.81. The number of aryl methyl sites for hydroxylation is 2. The minimum Gasteiger partial charge on any atom is -0.392 e. The molecule has 17 heavy (non-hydrogen) atoms. The van der Waals surface area contributed by atoms with Crippen molar-refractivity contribution >= 4 is 12.4 Å². The van der Waals surface area contributed by atoms with Crippen molar-refractivity contribution in [2.24, 2.45) is 5.92 Å². The van der Waals surface area contributed by atoms with Crippen LogP contribution in [0.4, 0.5) is 0 Å². The lowest BCUT2D eigenvalue weighted by atomic mass is 10.1. The maximum absolute atomic E-state index is 9.69. The SMILES string of the molecule is Cc1noc(C)c1CNCC(O)CC(C)C.Cl. The van der Waals surface area contributed by atoms with Crippen LogP contribution in [-0.2, 0) is 6.54 Å². The highest BCUT2D eigenvalue weighted by molar-refractivity contribution is 5.85. The van der Waals surface area contributed by atoms with E-state index in [0.717, 1.165) is 23.4 Å². The van der Waals surface area contributed by atoms with Crippen LogP contribution in [0, 0.1) is 19.8 Å². The number of nitrogens with zero attached hydrogens (tertiary/aromatic N) is 1. The van der Waals surface area contributed by atoms with Gasteiger partial charge in [0, 0.05) is 18.7 Å². The lowest BCUT2D eigenvalue weighted by Gasteiger charge is -2.13. The second-order valence-electron chi connectivity index (χ2n) is 4.72. The molecule has 0 spiro atoms. The van der Waals surface area contributed by atoms with E-state index >= 15 is 0 Å². The van der Waals surface area contributed by atoms with Crippen LogP contribution in [-0.4, -0.2) is 22.9 Å². The van der Waals surface area contributed by atoms with Crippen LogP contribution in [0.15, 0.2) is 4.52 Å². The van der Waals surface area contributed by atoms with Gasteiger partial charge in [-0.15, -0.1) is 12.4 Å². The van der Waals surface area contributed by atoms with E-state index in [0.29, 0.717) is 19.0 Å². The maximum atomic E-state index is 9.69. The average molecular weight is 263 g/mol. The van der Waals surface area contributed by atoms with Gasteiger partial charge in [-0.2, -0.15) is 0 Å². The fraction of sp³-hybridized carbons (Fsp3) is 0.750. The molecule has 0 fully saturated rings. The predicted octanol–water partition coefficient (Wildman–Crippen LogP) is 2.21. The Morgan fingerprint density at radius 2 is 2.00 bits per heavy atom. The third-order valence-corrected chi connectivity index (χ3v) is 2.61. The molecule has 0 aliphatic carbocycles. The minimum absolute atomic E-state index is 0. The molecule has 0 amide bonds. The summed E-state index contributed by atoms with van der Waals surface area (Å²) in [5.74, 6) is 1.37. The van der Waals surface area contributed by atoms with Crippen molar-refractivity contribution in [1.29, 1.82) is 0 Å². The van der Waals surface area contributed by atoms with Gasteiger partial charge in [0.15, 0.2) is 0 Å². The first kappa shape index (κ1) is 16.4. The number of aliphatic hydroxyl groups excluding tert-OH is 1. The Kier molecular flexibility index (Phi) is 7.43. The summed E-state index contributed by atoms with van der Waals surface area (Å²) in [5, 5.41) is 16.8. The molecule has 0 aliphatic heterocycles. The van der Waals surface area contributed by atoms with E-state index in [-0.39, 0.29) is 18.5 Å². The summed E-state index contributed by atoms with van der Waals surface area (Å²) in [6.45, 7) is 9.37. The Labute approximate surface area is 109 Å². The van der Waals surface area contributed by atoms with Gasteiger partial charge in [0.05, 0.1) is 11.8 Å². The van der Waals surface area contributed by atoms with E-state index in [1.807, 2.05) is 13.8 Å². The first-order valence-corrected chi connectivity index (χ1v) is 5.81. The number of aromatic nitrogens is 1. The molecule has 1 atom stereocenters. The number of hydrogen-bond acceptors (Lipinski definition) is 4. The molecule has 1 heterocycles. The zero-order chi connectivity index (χ0) is 12.1. The van der Waals surface area contributed by atoms with Crippen LogP contribution in [0.25, 0.3) is 0 Å². The topological polar surface area (TPSA) is 58.3 Å². The normalized spacial score (nSPS) is 12.6. The zero-order valence-electron chi connectivity index (χ0n) is 11.0. The van der Waals surface area contributed by atoms with E-state index in [2.05, 4.69) is 24.3 Å². The van der Waals surface area contributed by atoms with Crippen molar-refractivity contribution in [2.75, 3.05) is 6.54 Å². The molecule has 0 saturated heterocycles. The Balaban J connectivity index is 0.00000256. The van der Waals surface area contributed by atoms with Crippen molar-refractivity contribution < 1.29 is 9.63 Å². The third-order valence-electron chi connectivity index (χ3n) is 2.61. The van der Waals surface area contributed by atoms with Crippen molar-refractivity contribution in [3.63, 3.8) is 0 Å². The van der Waals surface area contributed by atoms with Crippen LogP contribution in [0.3, 0.4) is 0 Å². The molecule has 4 nitrogen and oxygen atoms in total. The largest absolute Gasteiger partial charge is 0.392 e. The fourth-order valence-electron chi connectivity index (χ4n) is 1.75.